The van der Waals surface area contributed by atoms with Gasteiger partial charge in [0.05, 0.1) is 5.52 Å². The van der Waals surface area contributed by atoms with Crippen molar-refractivity contribution in [2.45, 2.75) is 25.8 Å². The van der Waals surface area contributed by atoms with Crippen LogP contribution in [0.1, 0.15) is 31.4 Å². The van der Waals surface area contributed by atoms with Crippen LogP contribution in [0.15, 0.2) is 48.7 Å². The predicted molar refractivity (Wildman–Crippen MR) is 77.6 cm³/mol. The quantitative estimate of drug-likeness (QED) is 0.803. The number of benzene rings is 1. The van der Waals surface area contributed by atoms with Crippen molar-refractivity contribution in [3.63, 3.8) is 0 Å². The Bertz CT molecular complexity index is 546. The van der Waals surface area contributed by atoms with E-state index in [2.05, 4.69) is 48.1 Å². The van der Waals surface area contributed by atoms with Gasteiger partial charge in [-0.15, -0.1) is 0 Å². The lowest BCUT2D eigenvalue weighted by Gasteiger charge is -2.18. The number of fused-ring (bicyclic) bond motifs is 1. The molecule has 1 unspecified atom stereocenters. The van der Waals surface area contributed by atoms with Crippen molar-refractivity contribution >= 4 is 10.9 Å². The summed E-state index contributed by atoms with van der Waals surface area (Å²) < 4.78 is 0. The molecule has 1 aromatic carbocycles. The summed E-state index contributed by atoms with van der Waals surface area (Å²) in [5.41, 5.74) is 3.62. The third-order valence-corrected chi connectivity index (χ3v) is 3.37. The minimum Gasteiger partial charge on any atom is -0.313 e. The topological polar surface area (TPSA) is 24.9 Å². The molecule has 2 nitrogen and oxygen atoms in total. The van der Waals surface area contributed by atoms with Gasteiger partial charge in [-0.05, 0) is 43.7 Å². The van der Waals surface area contributed by atoms with E-state index in [9.17, 15) is 0 Å². The molecule has 0 saturated carbocycles. The van der Waals surface area contributed by atoms with Crippen LogP contribution in [0.5, 0.6) is 0 Å². The summed E-state index contributed by atoms with van der Waals surface area (Å²) in [5, 5.41) is 4.56. The second kappa shape index (κ2) is 5.78. The number of nitrogens with one attached hydrogen (secondary N) is 1. The van der Waals surface area contributed by atoms with E-state index in [-0.39, 0.29) is 0 Å². The highest BCUT2D eigenvalue weighted by Gasteiger charge is 2.10. The minimum atomic E-state index is 0.335. The highest BCUT2D eigenvalue weighted by molar-refractivity contribution is 5.79. The van der Waals surface area contributed by atoms with Crippen molar-refractivity contribution in [1.82, 2.24) is 10.3 Å². The number of rotatable bonds is 5. The minimum absolute atomic E-state index is 0.335. The largest absolute Gasteiger partial charge is 0.313 e. The molecule has 0 aliphatic rings. The molecule has 1 heterocycles. The molecule has 1 aromatic heterocycles. The zero-order valence-corrected chi connectivity index (χ0v) is 11.1. The van der Waals surface area contributed by atoms with Gasteiger partial charge in [-0.25, -0.2) is 0 Å². The van der Waals surface area contributed by atoms with Gasteiger partial charge < -0.3 is 5.32 Å². The van der Waals surface area contributed by atoms with Gasteiger partial charge in [0, 0.05) is 17.6 Å². The van der Waals surface area contributed by atoms with Gasteiger partial charge in [0.2, 0.25) is 0 Å². The van der Waals surface area contributed by atoms with Crippen LogP contribution in [0.4, 0.5) is 0 Å². The summed E-state index contributed by atoms with van der Waals surface area (Å²) in [5.74, 6) is 0. The van der Waals surface area contributed by atoms with E-state index in [1.54, 1.807) is 0 Å². The van der Waals surface area contributed by atoms with E-state index in [0.717, 1.165) is 18.4 Å². The van der Waals surface area contributed by atoms with Crippen molar-refractivity contribution in [3.8, 4) is 0 Å². The Morgan fingerprint density at radius 1 is 1.39 bits per heavy atom. The highest BCUT2D eigenvalue weighted by Crippen LogP contribution is 2.24. The van der Waals surface area contributed by atoms with E-state index in [1.807, 2.05) is 19.3 Å². The number of nitrogens with zero attached hydrogens (tertiary/aromatic N) is 1. The maximum atomic E-state index is 4.35. The molecule has 0 spiro atoms. The fourth-order valence-electron chi connectivity index (χ4n) is 2.13. The van der Waals surface area contributed by atoms with Crippen molar-refractivity contribution in [3.05, 3.63) is 54.2 Å². The van der Waals surface area contributed by atoms with E-state index >= 15 is 0 Å². The Hall–Kier alpha value is -1.67. The molecule has 0 radical (unpaired) electrons. The Kier molecular flexibility index (Phi) is 4.11. The van der Waals surface area contributed by atoms with Crippen LogP contribution in [-0.4, -0.2) is 12.0 Å². The van der Waals surface area contributed by atoms with Gasteiger partial charge in [-0.3, -0.25) is 4.98 Å². The summed E-state index contributed by atoms with van der Waals surface area (Å²) in [7, 11) is 2.00. The molecule has 1 N–H and O–H groups in total. The second-order valence-corrected chi connectivity index (χ2v) is 4.60. The first kappa shape index (κ1) is 12.8. The van der Waals surface area contributed by atoms with Crippen molar-refractivity contribution in [1.29, 1.82) is 0 Å². The molecule has 0 aliphatic carbocycles. The average molecular weight is 240 g/mol. The predicted octanol–water partition coefficient (Wildman–Crippen LogP) is 3.85. The number of pyridine rings is 1. The van der Waals surface area contributed by atoms with Gasteiger partial charge in [0.25, 0.3) is 0 Å². The fourth-order valence-corrected chi connectivity index (χ4v) is 2.13. The van der Waals surface area contributed by atoms with E-state index < -0.39 is 0 Å². The Labute approximate surface area is 109 Å². The first-order valence-corrected chi connectivity index (χ1v) is 6.43. The van der Waals surface area contributed by atoms with Gasteiger partial charge in [-0.1, -0.05) is 31.2 Å². The lowest BCUT2D eigenvalue weighted by atomic mass is 9.97. The molecule has 2 aromatic rings. The lowest BCUT2D eigenvalue weighted by molar-refractivity contribution is 0.583. The summed E-state index contributed by atoms with van der Waals surface area (Å²) in [6, 6.07) is 10.9. The van der Waals surface area contributed by atoms with Crippen LogP contribution in [0.3, 0.4) is 0 Å². The van der Waals surface area contributed by atoms with Crippen molar-refractivity contribution in [2.24, 2.45) is 0 Å². The van der Waals surface area contributed by atoms with Gasteiger partial charge in [-0.2, -0.15) is 0 Å². The van der Waals surface area contributed by atoms with Crippen LogP contribution < -0.4 is 5.32 Å². The van der Waals surface area contributed by atoms with Gasteiger partial charge >= 0.3 is 0 Å². The molecular weight excluding hydrogens is 220 g/mol. The second-order valence-electron chi connectivity index (χ2n) is 4.60. The SMILES string of the molecule is C=C(CC)CC(NC)c1ccc2ncccc2c1. The first-order chi connectivity index (χ1) is 8.74. The molecule has 0 fully saturated rings. The summed E-state index contributed by atoms with van der Waals surface area (Å²) in [6.07, 6.45) is 3.85. The molecule has 0 aliphatic heterocycles. The highest BCUT2D eigenvalue weighted by atomic mass is 14.9. The average Bonchev–Trinajstić information content (AvgIpc) is 2.44. The summed E-state index contributed by atoms with van der Waals surface area (Å²) >= 11 is 0. The molecule has 94 valence electrons. The molecule has 0 amide bonds. The summed E-state index contributed by atoms with van der Waals surface area (Å²) in [6.45, 7) is 6.25. The van der Waals surface area contributed by atoms with E-state index in [1.165, 1.54) is 16.5 Å². The van der Waals surface area contributed by atoms with Gasteiger partial charge in [0.15, 0.2) is 0 Å². The molecule has 2 heteroatoms. The standard InChI is InChI=1S/C16H20N2/c1-4-12(2)10-16(17-3)14-7-8-15-13(11-14)6-5-9-18-15/h5-9,11,16-17H,2,4,10H2,1,3H3. The third kappa shape index (κ3) is 2.77. The first-order valence-electron chi connectivity index (χ1n) is 6.43. The molecular formula is C16H20N2. The van der Waals surface area contributed by atoms with Crippen LogP contribution in [-0.2, 0) is 0 Å². The Balaban J connectivity index is 2.30. The smallest absolute Gasteiger partial charge is 0.0702 e. The number of hydrogen-bond acceptors (Lipinski definition) is 2. The molecule has 1 atom stereocenters. The summed E-state index contributed by atoms with van der Waals surface area (Å²) in [4.78, 5) is 4.35. The Morgan fingerprint density at radius 3 is 2.94 bits per heavy atom. The third-order valence-electron chi connectivity index (χ3n) is 3.37. The maximum absolute atomic E-state index is 4.35. The van der Waals surface area contributed by atoms with Crippen LogP contribution in [0.25, 0.3) is 10.9 Å². The zero-order chi connectivity index (χ0) is 13.0. The van der Waals surface area contributed by atoms with Crippen LogP contribution in [0.2, 0.25) is 0 Å². The Morgan fingerprint density at radius 2 is 2.22 bits per heavy atom. The normalized spacial score (nSPS) is 12.6. The van der Waals surface area contributed by atoms with Crippen LogP contribution >= 0.6 is 0 Å². The number of aromatic nitrogens is 1. The van der Waals surface area contributed by atoms with E-state index in [4.69, 9.17) is 0 Å². The monoisotopic (exact) mass is 240 g/mol. The molecule has 0 saturated heterocycles. The van der Waals surface area contributed by atoms with Crippen molar-refractivity contribution in [2.75, 3.05) is 7.05 Å². The number of hydrogen-bond donors (Lipinski definition) is 1. The molecule has 2 rings (SSSR count). The zero-order valence-electron chi connectivity index (χ0n) is 11.1. The lowest BCUT2D eigenvalue weighted by Crippen LogP contribution is -2.16. The van der Waals surface area contributed by atoms with Crippen molar-refractivity contribution < 1.29 is 0 Å². The maximum Gasteiger partial charge on any atom is 0.0702 e. The molecule has 0 bridgehead atoms. The van der Waals surface area contributed by atoms with Crippen LogP contribution in [0, 0.1) is 0 Å². The fraction of sp³-hybridized carbons (Fsp3) is 0.312. The molecule has 18 heavy (non-hydrogen) atoms. The van der Waals surface area contributed by atoms with E-state index in [0.29, 0.717) is 6.04 Å². The van der Waals surface area contributed by atoms with Gasteiger partial charge in [0.1, 0.15) is 0 Å².